The monoisotopic (exact) mass is 253 g/mol. The van der Waals surface area contributed by atoms with Crippen LogP contribution in [0.25, 0.3) is 0 Å². The predicted molar refractivity (Wildman–Crippen MR) is 73.3 cm³/mol. The highest BCUT2D eigenvalue weighted by Crippen LogP contribution is 2.25. The van der Waals surface area contributed by atoms with Crippen LogP contribution in [0.5, 0.6) is 5.75 Å². The van der Waals surface area contributed by atoms with Crippen LogP contribution in [0.1, 0.15) is 57.6 Å². The van der Waals surface area contributed by atoms with Crippen LogP contribution in [0.4, 0.5) is 4.39 Å². The van der Waals surface area contributed by atoms with Crippen molar-refractivity contribution in [2.24, 2.45) is 5.73 Å². The Morgan fingerprint density at radius 3 is 2.61 bits per heavy atom. The first-order valence-corrected chi connectivity index (χ1v) is 6.83. The lowest BCUT2D eigenvalue weighted by atomic mass is 10.1. The Labute approximate surface area is 109 Å². The first-order chi connectivity index (χ1) is 8.65. The van der Waals surface area contributed by atoms with Crippen molar-refractivity contribution >= 4 is 0 Å². The number of benzene rings is 1. The van der Waals surface area contributed by atoms with Gasteiger partial charge in [-0.05, 0) is 31.5 Å². The third-order valence-corrected chi connectivity index (χ3v) is 2.97. The Morgan fingerprint density at radius 2 is 1.94 bits per heavy atom. The van der Waals surface area contributed by atoms with E-state index in [1.807, 2.05) is 6.92 Å². The number of hydrogen-bond acceptors (Lipinski definition) is 2. The summed E-state index contributed by atoms with van der Waals surface area (Å²) in [6.45, 7) is 4.71. The second kappa shape index (κ2) is 8.09. The highest BCUT2D eigenvalue weighted by atomic mass is 19.1. The zero-order valence-corrected chi connectivity index (χ0v) is 11.4. The lowest BCUT2D eigenvalue weighted by molar-refractivity contribution is 0.300. The Kier molecular flexibility index (Phi) is 6.73. The largest absolute Gasteiger partial charge is 0.493 e. The van der Waals surface area contributed by atoms with Gasteiger partial charge in [0.05, 0.1) is 6.61 Å². The van der Waals surface area contributed by atoms with Gasteiger partial charge in [0.2, 0.25) is 0 Å². The molecule has 0 bridgehead atoms. The lowest BCUT2D eigenvalue weighted by Gasteiger charge is -2.14. The first kappa shape index (κ1) is 15.0. The molecule has 0 amide bonds. The van der Waals surface area contributed by atoms with E-state index in [0.717, 1.165) is 12.0 Å². The zero-order valence-electron chi connectivity index (χ0n) is 11.4. The van der Waals surface area contributed by atoms with E-state index in [0.29, 0.717) is 12.4 Å². The molecule has 0 fully saturated rings. The van der Waals surface area contributed by atoms with Crippen LogP contribution in [0.3, 0.4) is 0 Å². The Balaban J connectivity index is 2.42. The van der Waals surface area contributed by atoms with E-state index >= 15 is 0 Å². The van der Waals surface area contributed by atoms with E-state index in [4.69, 9.17) is 10.5 Å². The number of unbranched alkanes of at least 4 members (excludes halogenated alkanes) is 4. The third-order valence-electron chi connectivity index (χ3n) is 2.97. The van der Waals surface area contributed by atoms with E-state index in [1.165, 1.54) is 37.8 Å². The van der Waals surface area contributed by atoms with E-state index in [-0.39, 0.29) is 11.9 Å². The fraction of sp³-hybridized carbons (Fsp3) is 0.600. The molecule has 18 heavy (non-hydrogen) atoms. The number of ether oxygens (including phenoxy) is 1. The van der Waals surface area contributed by atoms with Crippen molar-refractivity contribution in [1.82, 2.24) is 0 Å². The van der Waals surface area contributed by atoms with Gasteiger partial charge in [-0.1, -0.05) is 32.6 Å². The summed E-state index contributed by atoms with van der Waals surface area (Å²) in [6.07, 6.45) is 6.00. The summed E-state index contributed by atoms with van der Waals surface area (Å²) in [5.74, 6) is 0.444. The molecule has 2 nitrogen and oxygen atoms in total. The van der Waals surface area contributed by atoms with E-state index in [1.54, 1.807) is 6.07 Å². The molecule has 0 heterocycles. The summed E-state index contributed by atoms with van der Waals surface area (Å²) >= 11 is 0. The number of nitrogens with two attached hydrogens (primary N) is 1. The van der Waals surface area contributed by atoms with Crippen molar-refractivity contribution in [3.8, 4) is 5.75 Å². The molecule has 1 aromatic carbocycles. The van der Waals surface area contributed by atoms with Crippen LogP contribution in [-0.2, 0) is 0 Å². The molecular weight excluding hydrogens is 229 g/mol. The maximum absolute atomic E-state index is 13.1. The lowest BCUT2D eigenvalue weighted by Crippen LogP contribution is -2.09. The van der Waals surface area contributed by atoms with Gasteiger partial charge in [-0.15, -0.1) is 0 Å². The van der Waals surface area contributed by atoms with Crippen molar-refractivity contribution in [2.75, 3.05) is 6.61 Å². The molecule has 0 aliphatic carbocycles. The van der Waals surface area contributed by atoms with Gasteiger partial charge in [-0.2, -0.15) is 0 Å². The van der Waals surface area contributed by atoms with Gasteiger partial charge in [0.1, 0.15) is 11.6 Å². The molecule has 0 aromatic heterocycles. The number of hydrogen-bond donors (Lipinski definition) is 1. The molecule has 0 unspecified atom stereocenters. The van der Waals surface area contributed by atoms with Crippen LogP contribution in [-0.4, -0.2) is 6.61 Å². The van der Waals surface area contributed by atoms with Crippen molar-refractivity contribution < 1.29 is 9.13 Å². The molecule has 0 spiro atoms. The van der Waals surface area contributed by atoms with Gasteiger partial charge in [0, 0.05) is 11.6 Å². The Morgan fingerprint density at radius 1 is 1.22 bits per heavy atom. The quantitative estimate of drug-likeness (QED) is 0.705. The Hall–Kier alpha value is -1.09. The van der Waals surface area contributed by atoms with Crippen LogP contribution < -0.4 is 10.5 Å². The molecule has 1 aromatic rings. The molecule has 102 valence electrons. The smallest absolute Gasteiger partial charge is 0.124 e. The third kappa shape index (κ3) is 5.05. The molecule has 0 aliphatic rings. The zero-order chi connectivity index (χ0) is 13.4. The van der Waals surface area contributed by atoms with Gasteiger partial charge in [-0.3, -0.25) is 0 Å². The standard InChI is InChI=1S/C15H24FNO/c1-3-4-5-6-7-10-18-15-9-8-13(16)11-14(15)12(2)17/h8-9,11-12H,3-7,10,17H2,1-2H3/t12-/m1/s1. The van der Waals surface area contributed by atoms with Gasteiger partial charge in [0.25, 0.3) is 0 Å². The average molecular weight is 253 g/mol. The average Bonchev–Trinajstić information content (AvgIpc) is 2.35. The molecule has 0 saturated carbocycles. The molecular formula is C15H24FNO. The minimum Gasteiger partial charge on any atom is -0.493 e. The van der Waals surface area contributed by atoms with Crippen LogP contribution in [0.2, 0.25) is 0 Å². The van der Waals surface area contributed by atoms with Gasteiger partial charge in [-0.25, -0.2) is 4.39 Å². The molecule has 2 N–H and O–H groups in total. The van der Waals surface area contributed by atoms with E-state index in [2.05, 4.69) is 6.92 Å². The number of halogens is 1. The van der Waals surface area contributed by atoms with E-state index < -0.39 is 0 Å². The van der Waals surface area contributed by atoms with Crippen LogP contribution >= 0.6 is 0 Å². The minimum absolute atomic E-state index is 0.212. The first-order valence-electron chi connectivity index (χ1n) is 6.83. The minimum atomic E-state index is -0.266. The van der Waals surface area contributed by atoms with Crippen LogP contribution in [0, 0.1) is 5.82 Å². The Bertz CT molecular complexity index is 352. The fourth-order valence-corrected chi connectivity index (χ4v) is 1.89. The summed E-state index contributed by atoms with van der Waals surface area (Å²) in [5, 5.41) is 0. The van der Waals surface area contributed by atoms with Gasteiger partial charge < -0.3 is 10.5 Å². The SMILES string of the molecule is CCCCCCCOc1ccc(F)cc1[C@@H](C)N. The molecule has 1 atom stereocenters. The topological polar surface area (TPSA) is 35.2 Å². The molecule has 1 rings (SSSR count). The predicted octanol–water partition coefficient (Wildman–Crippen LogP) is 4.19. The second-order valence-corrected chi connectivity index (χ2v) is 4.73. The van der Waals surface area contributed by atoms with Gasteiger partial charge in [0.15, 0.2) is 0 Å². The summed E-state index contributed by atoms with van der Waals surface area (Å²) in [6, 6.07) is 4.32. The van der Waals surface area contributed by atoms with Crippen molar-refractivity contribution in [3.05, 3.63) is 29.6 Å². The summed E-state index contributed by atoms with van der Waals surface area (Å²) in [4.78, 5) is 0. The van der Waals surface area contributed by atoms with Crippen molar-refractivity contribution in [1.29, 1.82) is 0 Å². The molecule has 0 radical (unpaired) electrons. The maximum atomic E-state index is 13.1. The maximum Gasteiger partial charge on any atom is 0.124 e. The molecule has 3 heteroatoms. The normalized spacial score (nSPS) is 12.4. The number of rotatable bonds is 8. The summed E-state index contributed by atoms with van der Waals surface area (Å²) in [7, 11) is 0. The van der Waals surface area contributed by atoms with Gasteiger partial charge >= 0.3 is 0 Å². The fourth-order valence-electron chi connectivity index (χ4n) is 1.89. The molecule has 0 aliphatic heterocycles. The van der Waals surface area contributed by atoms with Crippen molar-refractivity contribution in [2.45, 2.75) is 52.0 Å². The van der Waals surface area contributed by atoms with E-state index in [9.17, 15) is 4.39 Å². The highest BCUT2D eigenvalue weighted by Gasteiger charge is 2.09. The van der Waals surface area contributed by atoms with Crippen molar-refractivity contribution in [3.63, 3.8) is 0 Å². The second-order valence-electron chi connectivity index (χ2n) is 4.73. The highest BCUT2D eigenvalue weighted by molar-refractivity contribution is 5.36. The van der Waals surface area contributed by atoms with Crippen LogP contribution in [0.15, 0.2) is 18.2 Å². The summed E-state index contributed by atoms with van der Waals surface area (Å²) in [5.41, 5.74) is 6.55. The molecule has 0 saturated heterocycles. The summed E-state index contributed by atoms with van der Waals surface area (Å²) < 4.78 is 18.8.